The maximum absolute atomic E-state index is 13.4. The average molecular weight is 563 g/mol. The van der Waals surface area contributed by atoms with Crippen LogP contribution in [-0.4, -0.2) is 52.7 Å². The zero-order valence-corrected chi connectivity index (χ0v) is 20.9. The van der Waals surface area contributed by atoms with E-state index in [0.717, 1.165) is 16.4 Å². The van der Waals surface area contributed by atoms with E-state index < -0.39 is 41.7 Å². The zero-order valence-electron chi connectivity index (χ0n) is 20.9. The third kappa shape index (κ3) is 5.81. The second-order valence-electron chi connectivity index (χ2n) is 9.28. The Labute approximate surface area is 224 Å². The van der Waals surface area contributed by atoms with Gasteiger partial charge in [-0.15, -0.1) is 0 Å². The number of Topliss-reactive ketones (excluding diaryl/α,β-unsaturated/α-hetero) is 1. The number of aromatic nitrogens is 2. The maximum atomic E-state index is 13.4. The molecule has 0 fully saturated rings. The van der Waals surface area contributed by atoms with Crippen LogP contribution in [0.25, 0.3) is 0 Å². The number of anilines is 1. The van der Waals surface area contributed by atoms with Crippen LogP contribution in [0.5, 0.6) is 11.5 Å². The van der Waals surface area contributed by atoms with Gasteiger partial charge in [0, 0.05) is 42.6 Å². The minimum absolute atomic E-state index is 0.0691. The zero-order chi connectivity index (χ0) is 28.4. The minimum atomic E-state index is -5.40. The van der Waals surface area contributed by atoms with Gasteiger partial charge in [-0.2, -0.15) is 17.9 Å². The predicted molar refractivity (Wildman–Crippen MR) is 130 cm³/mol. The number of aryl methyl sites for hydroxylation is 2. The van der Waals surface area contributed by atoms with Crippen LogP contribution in [0.3, 0.4) is 0 Å². The van der Waals surface area contributed by atoms with Crippen molar-refractivity contribution < 1.29 is 46.6 Å². The Morgan fingerprint density at radius 1 is 1.12 bits per heavy atom. The van der Waals surface area contributed by atoms with Crippen LogP contribution >= 0.6 is 0 Å². The molecule has 0 spiro atoms. The van der Waals surface area contributed by atoms with E-state index in [4.69, 9.17) is 18.7 Å². The van der Waals surface area contributed by atoms with Gasteiger partial charge in [-0.25, -0.2) is 4.98 Å². The molecule has 2 atom stereocenters. The summed E-state index contributed by atoms with van der Waals surface area (Å²) in [4.78, 5) is 41.4. The third-order valence-electron chi connectivity index (χ3n) is 6.64. The monoisotopic (exact) mass is 563 g/mol. The number of aliphatic carboxylic acids is 1. The van der Waals surface area contributed by atoms with Crippen LogP contribution in [0, 0.1) is 5.92 Å². The fraction of sp³-hybridized carbons (Fsp3) is 0.385. The number of hydrogen-bond donors (Lipinski definition) is 2. The molecule has 0 aliphatic carbocycles. The summed E-state index contributed by atoms with van der Waals surface area (Å²) >= 11 is 0. The van der Waals surface area contributed by atoms with E-state index in [1.165, 1.54) is 18.2 Å². The summed E-state index contributed by atoms with van der Waals surface area (Å²) in [6.45, 7) is 1.52. The molecule has 212 valence electrons. The highest BCUT2D eigenvalue weighted by molar-refractivity contribution is 6.02. The van der Waals surface area contributed by atoms with Crippen molar-refractivity contribution in [2.24, 2.45) is 5.92 Å². The van der Waals surface area contributed by atoms with E-state index in [-0.39, 0.29) is 30.4 Å². The van der Waals surface area contributed by atoms with Gasteiger partial charge in [0.05, 0.1) is 19.8 Å². The third-order valence-corrected chi connectivity index (χ3v) is 6.64. The molecule has 14 heteroatoms. The lowest BCUT2D eigenvalue weighted by Crippen LogP contribution is -2.39. The van der Waals surface area contributed by atoms with Crippen molar-refractivity contribution in [3.63, 3.8) is 0 Å². The first-order chi connectivity index (χ1) is 19.1. The fourth-order valence-corrected chi connectivity index (χ4v) is 4.68. The van der Waals surface area contributed by atoms with Gasteiger partial charge < -0.3 is 29.2 Å². The van der Waals surface area contributed by atoms with Gasteiger partial charge in [0.15, 0.2) is 11.5 Å². The molecule has 2 aliphatic rings. The number of pyridine rings is 1. The fourth-order valence-electron chi connectivity index (χ4n) is 4.68. The maximum Gasteiger partial charge on any atom is 0.450 e. The van der Waals surface area contributed by atoms with Crippen molar-refractivity contribution in [3.05, 3.63) is 69.3 Å². The van der Waals surface area contributed by atoms with Crippen molar-refractivity contribution >= 4 is 17.6 Å². The van der Waals surface area contributed by atoms with Crippen molar-refractivity contribution in [1.29, 1.82) is 0 Å². The number of ether oxygens (including phenoxy) is 3. The molecule has 0 amide bonds. The Balaban J connectivity index is 1.40. The molecule has 2 unspecified atom stereocenters. The van der Waals surface area contributed by atoms with Crippen molar-refractivity contribution in [3.8, 4) is 11.5 Å². The molecular weight excluding hydrogens is 539 g/mol. The van der Waals surface area contributed by atoms with Crippen LogP contribution < -0.4 is 20.3 Å². The molecule has 0 saturated heterocycles. The van der Waals surface area contributed by atoms with Crippen LogP contribution in [-0.2, 0) is 40.3 Å². The van der Waals surface area contributed by atoms with E-state index in [1.54, 1.807) is 6.07 Å². The SMILES string of the molecule is O=C(O)C(C(=O)C(F)(F)F)C(Cc1cc(=O)n(CCc2ccc3c(n2)NCCOC3)o1)c1ccc2c(c1)OCO2. The van der Waals surface area contributed by atoms with Crippen molar-refractivity contribution in [2.45, 2.75) is 38.1 Å². The molecule has 2 N–H and O–H groups in total. The average Bonchev–Trinajstić information content (AvgIpc) is 3.44. The first kappa shape index (κ1) is 27.2. The molecule has 0 radical (unpaired) electrons. The standard InChI is InChI=1S/C26H24F3N3O8/c27-26(28,29)23(34)22(25(35)36)18(14-2-4-19-20(9-14)39-13-38-19)10-17-11-21(33)32(40-17)7-5-16-3-1-15-12-37-8-6-30-24(15)31-16/h1-4,9,11,18,22H,5-8,10,12-13H2,(H,30,31)(H,35,36). The number of nitrogens with one attached hydrogen (secondary N) is 1. The number of benzene rings is 1. The lowest BCUT2D eigenvalue weighted by molar-refractivity contribution is -0.180. The molecule has 3 aromatic rings. The molecule has 2 aromatic heterocycles. The first-order valence-corrected chi connectivity index (χ1v) is 12.3. The number of ketones is 1. The van der Waals surface area contributed by atoms with Crippen LogP contribution in [0.1, 0.15) is 28.5 Å². The predicted octanol–water partition coefficient (Wildman–Crippen LogP) is 2.91. The van der Waals surface area contributed by atoms with Gasteiger partial charge in [-0.3, -0.25) is 14.4 Å². The van der Waals surface area contributed by atoms with Crippen LogP contribution in [0.2, 0.25) is 0 Å². The number of halogens is 3. The summed E-state index contributed by atoms with van der Waals surface area (Å²) in [6, 6.07) is 8.82. The number of carboxylic acids is 1. The number of nitrogens with zero attached hydrogens (tertiary/aromatic N) is 2. The number of alkyl halides is 3. The first-order valence-electron chi connectivity index (χ1n) is 12.3. The summed E-state index contributed by atoms with van der Waals surface area (Å²) in [5.41, 5.74) is 1.07. The topological polar surface area (TPSA) is 142 Å². The van der Waals surface area contributed by atoms with Gasteiger partial charge in [0.25, 0.3) is 11.3 Å². The van der Waals surface area contributed by atoms with Gasteiger partial charge in [0.2, 0.25) is 6.79 Å². The number of fused-ring (bicyclic) bond motifs is 2. The molecule has 1 aromatic carbocycles. The highest BCUT2D eigenvalue weighted by atomic mass is 19.4. The quantitative estimate of drug-likeness (QED) is 0.373. The van der Waals surface area contributed by atoms with Crippen LogP contribution in [0.4, 0.5) is 19.0 Å². The molecule has 40 heavy (non-hydrogen) atoms. The van der Waals surface area contributed by atoms with Crippen molar-refractivity contribution in [1.82, 2.24) is 9.72 Å². The Morgan fingerprint density at radius 2 is 1.93 bits per heavy atom. The lowest BCUT2D eigenvalue weighted by atomic mass is 9.80. The number of rotatable bonds is 9. The van der Waals surface area contributed by atoms with E-state index >= 15 is 0 Å². The molecule has 0 bridgehead atoms. The van der Waals surface area contributed by atoms with E-state index in [1.807, 2.05) is 6.07 Å². The summed E-state index contributed by atoms with van der Waals surface area (Å²) < 4.78 is 62.8. The molecule has 11 nitrogen and oxygen atoms in total. The normalized spacial score (nSPS) is 16.0. The second kappa shape index (κ2) is 11.0. The van der Waals surface area contributed by atoms with Gasteiger partial charge in [0.1, 0.15) is 17.5 Å². The summed E-state index contributed by atoms with van der Waals surface area (Å²) in [5, 5.41) is 12.9. The number of carbonyl (C=O) groups is 2. The molecular formula is C26H24F3N3O8. The van der Waals surface area contributed by atoms with Gasteiger partial charge in [-0.1, -0.05) is 12.1 Å². The molecule has 2 aliphatic heterocycles. The van der Waals surface area contributed by atoms with Crippen LogP contribution in [0.15, 0.2) is 45.7 Å². The highest BCUT2D eigenvalue weighted by Gasteiger charge is 2.50. The summed E-state index contributed by atoms with van der Waals surface area (Å²) in [5.74, 6) is -7.28. The van der Waals surface area contributed by atoms with E-state index in [2.05, 4.69) is 10.3 Å². The Kier molecular flexibility index (Phi) is 7.52. The Bertz CT molecular complexity index is 1480. The lowest BCUT2D eigenvalue weighted by Gasteiger charge is -2.23. The number of carbonyl (C=O) groups excluding carboxylic acids is 1. The molecule has 4 heterocycles. The van der Waals surface area contributed by atoms with Crippen molar-refractivity contribution in [2.75, 3.05) is 25.3 Å². The summed E-state index contributed by atoms with van der Waals surface area (Å²) in [7, 11) is 0. The van der Waals surface area contributed by atoms with Gasteiger partial charge >= 0.3 is 12.1 Å². The Hall–Kier alpha value is -4.33. The second-order valence-corrected chi connectivity index (χ2v) is 9.28. The minimum Gasteiger partial charge on any atom is -0.481 e. The number of hydrogen-bond acceptors (Lipinski definition) is 9. The largest absolute Gasteiger partial charge is 0.481 e. The highest BCUT2D eigenvalue weighted by Crippen LogP contribution is 2.40. The van der Waals surface area contributed by atoms with Gasteiger partial charge in [-0.05, 0) is 23.8 Å². The molecule has 5 rings (SSSR count). The molecule has 0 saturated carbocycles. The summed E-state index contributed by atoms with van der Waals surface area (Å²) in [6.07, 6.45) is -5.56. The smallest absolute Gasteiger partial charge is 0.450 e. The van der Waals surface area contributed by atoms with E-state index in [0.29, 0.717) is 43.4 Å². The number of carboxylic acid groups (broad SMARTS) is 1. The Morgan fingerprint density at radius 3 is 2.70 bits per heavy atom. The van der Waals surface area contributed by atoms with E-state index in [9.17, 15) is 32.7 Å².